The highest BCUT2D eigenvalue weighted by Gasteiger charge is 2.40. The van der Waals surface area contributed by atoms with E-state index in [4.69, 9.17) is 11.3 Å². The maximum absolute atomic E-state index is 13.6. The fraction of sp³-hybridized carbons (Fsp3) is 0.625. The predicted octanol–water partition coefficient (Wildman–Crippen LogP) is 5.24. The van der Waals surface area contributed by atoms with Gasteiger partial charge in [-0.15, -0.1) is 0 Å². The number of hydrogen-bond donors (Lipinski definition) is 1. The Bertz CT molecular complexity index is 790. The van der Waals surface area contributed by atoms with Crippen molar-refractivity contribution in [1.29, 1.82) is 0 Å². The summed E-state index contributed by atoms with van der Waals surface area (Å²) in [5.41, 5.74) is 1.79. The molecule has 0 aliphatic carbocycles. The lowest BCUT2D eigenvalue weighted by molar-refractivity contribution is -0.940. The number of ether oxygens (including phenoxy) is 1. The number of carbonyl (C=O) groups is 2. The van der Waals surface area contributed by atoms with Crippen LogP contribution in [0.25, 0.3) is 4.85 Å². The number of likely N-dealkylation sites (N-methyl/N-ethyl adjacent to an activating group) is 1. The summed E-state index contributed by atoms with van der Waals surface area (Å²) >= 11 is 0. The van der Waals surface area contributed by atoms with Crippen LogP contribution in [0.3, 0.4) is 0 Å². The van der Waals surface area contributed by atoms with Crippen molar-refractivity contribution in [2.24, 2.45) is 0 Å². The van der Waals surface area contributed by atoms with Gasteiger partial charge in [-0.25, -0.2) is 9.64 Å². The minimum atomic E-state index is -0.511. The van der Waals surface area contributed by atoms with Gasteiger partial charge in [-0.3, -0.25) is 4.79 Å². The van der Waals surface area contributed by atoms with E-state index >= 15 is 0 Å². The first-order valence-electron chi connectivity index (χ1n) is 11.3. The molecule has 30 heavy (non-hydrogen) atoms. The molecule has 1 fully saturated rings. The number of rotatable bonds is 8. The molecular formula is C24H36N3O3+. The summed E-state index contributed by atoms with van der Waals surface area (Å²) < 4.78 is 6.00. The fourth-order valence-electron chi connectivity index (χ4n) is 4.67. The number of quaternary nitrogens is 1. The van der Waals surface area contributed by atoms with Crippen LogP contribution in [0.15, 0.2) is 12.1 Å². The van der Waals surface area contributed by atoms with Crippen molar-refractivity contribution in [3.63, 3.8) is 0 Å². The Morgan fingerprint density at radius 1 is 1.17 bits per heavy atom. The molecule has 6 nitrogen and oxygen atoms in total. The van der Waals surface area contributed by atoms with Gasteiger partial charge in [-0.05, 0) is 64.5 Å². The summed E-state index contributed by atoms with van der Waals surface area (Å²) in [4.78, 5) is 29.6. The highest BCUT2D eigenvalue weighted by Crippen LogP contribution is 2.30. The van der Waals surface area contributed by atoms with E-state index in [-0.39, 0.29) is 24.1 Å². The number of nitrogens with one attached hydrogen (secondary N) is 1. The van der Waals surface area contributed by atoms with Gasteiger partial charge in [0.1, 0.15) is 0 Å². The standard InChI is InChI=1S/C24H35N3O3/c1-6-13-21(27(7-2)14-11-9-10-12-15-27)23(28)26-22-18(4)16-19(25-5)17-20(22)24(29)30-8-3/h16-17,21H,6-15H2,1-4H3/p+1. The first kappa shape index (κ1) is 23.9. The van der Waals surface area contributed by atoms with E-state index in [0.29, 0.717) is 16.9 Å². The number of benzene rings is 1. The molecule has 1 aromatic rings. The Morgan fingerprint density at radius 3 is 2.37 bits per heavy atom. The molecule has 0 bridgehead atoms. The molecule has 0 radical (unpaired) electrons. The van der Waals surface area contributed by atoms with E-state index in [1.165, 1.54) is 18.9 Å². The van der Waals surface area contributed by atoms with Gasteiger partial charge in [-0.2, -0.15) is 0 Å². The van der Waals surface area contributed by atoms with Crippen molar-refractivity contribution >= 4 is 23.3 Å². The van der Waals surface area contributed by atoms with Crippen molar-refractivity contribution in [3.05, 3.63) is 34.7 Å². The predicted molar refractivity (Wildman–Crippen MR) is 120 cm³/mol. The summed E-state index contributed by atoms with van der Waals surface area (Å²) in [5, 5.41) is 3.07. The average Bonchev–Trinajstić information content (AvgIpc) is 2.99. The second kappa shape index (κ2) is 11.1. The van der Waals surface area contributed by atoms with Crippen molar-refractivity contribution in [3.8, 4) is 0 Å². The smallest absolute Gasteiger partial charge is 0.338 e. The van der Waals surface area contributed by atoms with Crippen molar-refractivity contribution in [2.75, 3.05) is 31.6 Å². The second-order valence-electron chi connectivity index (χ2n) is 8.21. The van der Waals surface area contributed by atoms with Crippen LogP contribution in [0.5, 0.6) is 0 Å². The van der Waals surface area contributed by atoms with Crippen LogP contribution in [-0.4, -0.2) is 48.6 Å². The number of esters is 1. The van der Waals surface area contributed by atoms with Gasteiger partial charge in [0.15, 0.2) is 11.7 Å². The Kier molecular flexibility index (Phi) is 8.86. The second-order valence-corrected chi connectivity index (χ2v) is 8.21. The lowest BCUT2D eigenvalue weighted by atomic mass is 10.0. The molecule has 0 aromatic heterocycles. The zero-order valence-electron chi connectivity index (χ0n) is 18.9. The number of amides is 1. The van der Waals surface area contributed by atoms with Crippen molar-refractivity contribution in [2.45, 2.75) is 72.3 Å². The van der Waals surface area contributed by atoms with Gasteiger partial charge in [0, 0.05) is 6.42 Å². The summed E-state index contributed by atoms with van der Waals surface area (Å²) in [7, 11) is 0. The zero-order valence-corrected chi connectivity index (χ0v) is 18.9. The molecule has 1 aliphatic rings. The molecule has 1 amide bonds. The van der Waals surface area contributed by atoms with E-state index in [9.17, 15) is 9.59 Å². The molecule has 6 heteroatoms. The van der Waals surface area contributed by atoms with Crippen LogP contribution in [0.2, 0.25) is 0 Å². The van der Waals surface area contributed by atoms with Crippen LogP contribution in [0.1, 0.15) is 75.2 Å². The minimum absolute atomic E-state index is 0.0372. The SMILES string of the molecule is [C-]#[N+]c1cc(C)c(NC(=O)C(CCC)[N+]2(CC)CCCCCC2)c(C(=O)OCC)c1. The van der Waals surface area contributed by atoms with Gasteiger partial charge in [0.05, 0.1) is 44.1 Å². The summed E-state index contributed by atoms with van der Waals surface area (Å²) in [5.74, 6) is -0.549. The monoisotopic (exact) mass is 414 g/mol. The molecular weight excluding hydrogens is 378 g/mol. The largest absolute Gasteiger partial charge is 0.462 e. The summed E-state index contributed by atoms with van der Waals surface area (Å²) in [6.45, 7) is 18.4. The van der Waals surface area contributed by atoms with Gasteiger partial charge < -0.3 is 14.5 Å². The number of likely N-dealkylation sites (tertiary alicyclic amines) is 1. The number of anilines is 1. The highest BCUT2D eigenvalue weighted by molar-refractivity contribution is 6.04. The molecule has 0 saturated carbocycles. The van der Waals surface area contributed by atoms with Crippen LogP contribution in [-0.2, 0) is 9.53 Å². The molecule has 1 aliphatic heterocycles. The van der Waals surface area contributed by atoms with Crippen molar-refractivity contribution in [1.82, 2.24) is 0 Å². The Balaban J connectivity index is 2.42. The molecule has 164 valence electrons. The van der Waals surface area contributed by atoms with E-state index in [0.717, 1.165) is 49.8 Å². The topological polar surface area (TPSA) is 59.8 Å². The quantitative estimate of drug-likeness (QED) is 0.359. The normalized spacial score (nSPS) is 16.8. The third kappa shape index (κ3) is 5.40. The molecule has 1 heterocycles. The average molecular weight is 415 g/mol. The molecule has 1 N–H and O–H groups in total. The maximum Gasteiger partial charge on any atom is 0.338 e. The number of nitrogens with zero attached hydrogens (tertiary/aromatic N) is 2. The lowest BCUT2D eigenvalue weighted by Gasteiger charge is -2.43. The first-order chi connectivity index (χ1) is 14.4. The zero-order chi connectivity index (χ0) is 22.1. The minimum Gasteiger partial charge on any atom is -0.462 e. The molecule has 1 saturated heterocycles. The van der Waals surface area contributed by atoms with E-state index in [1.807, 2.05) is 6.92 Å². The molecule has 0 spiro atoms. The Labute approximate surface area is 181 Å². The van der Waals surface area contributed by atoms with Crippen molar-refractivity contribution < 1.29 is 18.8 Å². The third-order valence-electron chi connectivity index (χ3n) is 6.31. The van der Waals surface area contributed by atoms with E-state index < -0.39 is 5.97 Å². The van der Waals surface area contributed by atoms with Crippen LogP contribution >= 0.6 is 0 Å². The first-order valence-corrected chi connectivity index (χ1v) is 11.3. The van der Waals surface area contributed by atoms with Gasteiger partial charge in [-0.1, -0.05) is 13.0 Å². The fourth-order valence-corrected chi connectivity index (χ4v) is 4.67. The number of aryl methyl sites for hydroxylation is 1. The molecule has 1 aromatic carbocycles. The third-order valence-corrected chi connectivity index (χ3v) is 6.31. The summed E-state index contributed by atoms with van der Waals surface area (Å²) in [6, 6.07) is 3.07. The lowest BCUT2D eigenvalue weighted by Crippen LogP contribution is -2.60. The maximum atomic E-state index is 13.6. The molecule has 1 unspecified atom stereocenters. The Morgan fingerprint density at radius 2 is 1.83 bits per heavy atom. The Hall–Kier alpha value is -2.39. The number of hydrogen-bond acceptors (Lipinski definition) is 3. The molecule has 2 rings (SSSR count). The van der Waals surface area contributed by atoms with E-state index in [2.05, 4.69) is 24.0 Å². The summed E-state index contributed by atoms with van der Waals surface area (Å²) in [6.07, 6.45) is 6.49. The van der Waals surface area contributed by atoms with Gasteiger partial charge in [0.25, 0.3) is 5.91 Å². The van der Waals surface area contributed by atoms with Gasteiger partial charge >= 0.3 is 5.97 Å². The van der Waals surface area contributed by atoms with Gasteiger partial charge in [0.2, 0.25) is 0 Å². The van der Waals surface area contributed by atoms with Crippen LogP contribution in [0, 0.1) is 13.5 Å². The number of carbonyl (C=O) groups excluding carboxylic acids is 2. The van der Waals surface area contributed by atoms with Crippen LogP contribution < -0.4 is 5.32 Å². The highest BCUT2D eigenvalue weighted by atomic mass is 16.5. The van der Waals surface area contributed by atoms with E-state index in [1.54, 1.807) is 13.0 Å². The molecule has 1 atom stereocenters. The van der Waals surface area contributed by atoms with Crippen LogP contribution in [0.4, 0.5) is 11.4 Å².